The van der Waals surface area contributed by atoms with E-state index in [1.807, 2.05) is 18.5 Å². The number of nitrogens with one attached hydrogen (secondary N) is 1. The van der Waals surface area contributed by atoms with Crippen LogP contribution in [0.15, 0.2) is 54.9 Å². The fourth-order valence-electron chi connectivity index (χ4n) is 2.82. The lowest BCUT2D eigenvalue weighted by atomic mass is 10.1. The summed E-state index contributed by atoms with van der Waals surface area (Å²) in [5.74, 6) is 1.04. The van der Waals surface area contributed by atoms with Gasteiger partial charge in [0.1, 0.15) is 5.75 Å². The molecule has 0 bridgehead atoms. The molecule has 0 amide bonds. The van der Waals surface area contributed by atoms with E-state index in [-0.39, 0.29) is 0 Å². The SMILES string of the molecule is c1cc(NCc2ccc3c(c2)CCO3)c2ccncc2c1. The van der Waals surface area contributed by atoms with Crippen LogP contribution in [0.2, 0.25) is 0 Å². The predicted octanol–water partition coefficient (Wildman–Crippen LogP) is 3.78. The number of rotatable bonds is 3. The number of anilines is 1. The Balaban J connectivity index is 1.58. The third kappa shape index (κ3) is 2.31. The Bertz CT molecular complexity index is 793. The fourth-order valence-corrected chi connectivity index (χ4v) is 2.82. The van der Waals surface area contributed by atoms with Gasteiger partial charge in [-0.25, -0.2) is 0 Å². The van der Waals surface area contributed by atoms with Crippen molar-refractivity contribution >= 4 is 16.5 Å². The maximum absolute atomic E-state index is 5.55. The average Bonchev–Trinajstić information content (AvgIpc) is 3.00. The molecule has 0 aliphatic carbocycles. The summed E-state index contributed by atoms with van der Waals surface area (Å²) >= 11 is 0. The van der Waals surface area contributed by atoms with E-state index in [0.717, 1.165) is 36.4 Å². The Morgan fingerprint density at radius 1 is 1.14 bits per heavy atom. The summed E-state index contributed by atoms with van der Waals surface area (Å²) in [4.78, 5) is 4.17. The Morgan fingerprint density at radius 3 is 3.14 bits per heavy atom. The van der Waals surface area contributed by atoms with E-state index >= 15 is 0 Å². The molecule has 3 heteroatoms. The third-order valence-electron chi connectivity index (χ3n) is 3.92. The Hall–Kier alpha value is -2.55. The van der Waals surface area contributed by atoms with E-state index in [2.05, 4.69) is 46.7 Å². The van der Waals surface area contributed by atoms with Crippen LogP contribution in [0.5, 0.6) is 5.75 Å². The van der Waals surface area contributed by atoms with Gasteiger partial charge < -0.3 is 10.1 Å². The maximum atomic E-state index is 5.55. The minimum atomic E-state index is 0.808. The smallest absolute Gasteiger partial charge is 0.122 e. The molecule has 2 heterocycles. The molecule has 0 fully saturated rings. The number of hydrogen-bond donors (Lipinski definition) is 1. The van der Waals surface area contributed by atoms with Crippen molar-refractivity contribution in [1.82, 2.24) is 4.98 Å². The lowest BCUT2D eigenvalue weighted by Crippen LogP contribution is -2.00. The molecule has 1 aliphatic heterocycles. The monoisotopic (exact) mass is 276 g/mol. The zero-order chi connectivity index (χ0) is 14.1. The van der Waals surface area contributed by atoms with E-state index in [4.69, 9.17) is 4.74 Å². The number of benzene rings is 2. The van der Waals surface area contributed by atoms with E-state index in [1.54, 1.807) is 0 Å². The van der Waals surface area contributed by atoms with Crippen LogP contribution in [0.25, 0.3) is 10.8 Å². The van der Waals surface area contributed by atoms with Crippen LogP contribution in [0.4, 0.5) is 5.69 Å². The second-order valence-corrected chi connectivity index (χ2v) is 5.30. The topological polar surface area (TPSA) is 34.1 Å². The zero-order valence-electron chi connectivity index (χ0n) is 11.7. The Labute approximate surface area is 123 Å². The molecule has 21 heavy (non-hydrogen) atoms. The van der Waals surface area contributed by atoms with Crippen molar-refractivity contribution in [2.45, 2.75) is 13.0 Å². The molecule has 3 nitrogen and oxygen atoms in total. The normalized spacial score (nSPS) is 13.0. The van der Waals surface area contributed by atoms with Crippen LogP contribution in [0, 0.1) is 0 Å². The first kappa shape index (κ1) is 12.2. The largest absolute Gasteiger partial charge is 0.493 e. The molecule has 1 aromatic heterocycles. The van der Waals surface area contributed by atoms with Crippen LogP contribution < -0.4 is 10.1 Å². The van der Waals surface area contributed by atoms with Crippen LogP contribution in [0.1, 0.15) is 11.1 Å². The molecule has 2 aromatic carbocycles. The summed E-state index contributed by atoms with van der Waals surface area (Å²) in [6.45, 7) is 1.62. The number of aromatic nitrogens is 1. The third-order valence-corrected chi connectivity index (χ3v) is 3.92. The molecular weight excluding hydrogens is 260 g/mol. The first-order valence-corrected chi connectivity index (χ1v) is 7.21. The molecular formula is C18H16N2O. The van der Waals surface area contributed by atoms with Gasteiger partial charge in [0, 0.05) is 41.8 Å². The highest BCUT2D eigenvalue weighted by Crippen LogP contribution is 2.27. The molecule has 0 radical (unpaired) electrons. The standard InChI is InChI=1S/C18H16N2O/c1-2-15-12-19-8-6-16(15)17(3-1)20-11-13-4-5-18-14(10-13)7-9-21-18/h1-6,8,10,12,20H,7,9,11H2. The maximum Gasteiger partial charge on any atom is 0.122 e. The number of nitrogens with zero attached hydrogens (tertiary/aromatic N) is 1. The minimum Gasteiger partial charge on any atom is -0.493 e. The van der Waals surface area contributed by atoms with Gasteiger partial charge in [0.15, 0.2) is 0 Å². The van der Waals surface area contributed by atoms with Gasteiger partial charge in [-0.1, -0.05) is 24.3 Å². The molecule has 0 saturated carbocycles. The Morgan fingerprint density at radius 2 is 2.14 bits per heavy atom. The summed E-state index contributed by atoms with van der Waals surface area (Å²) in [7, 11) is 0. The van der Waals surface area contributed by atoms with Crippen molar-refractivity contribution in [3.8, 4) is 5.75 Å². The quantitative estimate of drug-likeness (QED) is 0.790. The highest BCUT2D eigenvalue weighted by Gasteiger charge is 2.11. The van der Waals surface area contributed by atoms with Gasteiger partial charge in [-0.3, -0.25) is 4.98 Å². The van der Waals surface area contributed by atoms with E-state index < -0.39 is 0 Å². The van der Waals surface area contributed by atoms with Crippen LogP contribution >= 0.6 is 0 Å². The van der Waals surface area contributed by atoms with Gasteiger partial charge in [-0.05, 0) is 29.3 Å². The van der Waals surface area contributed by atoms with Gasteiger partial charge >= 0.3 is 0 Å². The molecule has 4 rings (SSSR count). The number of ether oxygens (including phenoxy) is 1. The summed E-state index contributed by atoms with van der Waals surface area (Å²) in [6.07, 6.45) is 4.75. The van der Waals surface area contributed by atoms with E-state index in [0.29, 0.717) is 0 Å². The van der Waals surface area contributed by atoms with Gasteiger partial charge in [0.2, 0.25) is 0 Å². The highest BCUT2D eigenvalue weighted by atomic mass is 16.5. The van der Waals surface area contributed by atoms with Gasteiger partial charge in [0.25, 0.3) is 0 Å². The molecule has 0 saturated heterocycles. The molecule has 104 valence electrons. The second-order valence-electron chi connectivity index (χ2n) is 5.30. The Kier molecular flexibility index (Phi) is 2.96. The van der Waals surface area contributed by atoms with Gasteiger partial charge in [-0.2, -0.15) is 0 Å². The number of fused-ring (bicyclic) bond motifs is 2. The van der Waals surface area contributed by atoms with Gasteiger partial charge in [0.05, 0.1) is 6.61 Å². The number of hydrogen-bond acceptors (Lipinski definition) is 3. The van der Waals surface area contributed by atoms with Crippen LogP contribution in [-0.2, 0) is 13.0 Å². The molecule has 0 atom stereocenters. The predicted molar refractivity (Wildman–Crippen MR) is 84.7 cm³/mol. The first-order valence-electron chi connectivity index (χ1n) is 7.21. The zero-order valence-corrected chi connectivity index (χ0v) is 11.7. The first-order chi connectivity index (χ1) is 10.4. The van der Waals surface area contributed by atoms with Crippen molar-refractivity contribution in [1.29, 1.82) is 0 Å². The molecule has 3 aromatic rings. The summed E-state index contributed by atoms with van der Waals surface area (Å²) in [5, 5.41) is 5.89. The summed E-state index contributed by atoms with van der Waals surface area (Å²) < 4.78 is 5.55. The molecule has 0 spiro atoms. The van der Waals surface area contributed by atoms with Gasteiger partial charge in [-0.15, -0.1) is 0 Å². The van der Waals surface area contributed by atoms with Crippen molar-refractivity contribution in [2.75, 3.05) is 11.9 Å². The molecule has 0 unspecified atom stereocenters. The van der Waals surface area contributed by atoms with Crippen molar-refractivity contribution < 1.29 is 4.74 Å². The lowest BCUT2D eigenvalue weighted by Gasteiger charge is -2.10. The second kappa shape index (κ2) is 5.09. The summed E-state index contributed by atoms with van der Waals surface area (Å²) in [5.41, 5.74) is 3.74. The van der Waals surface area contributed by atoms with E-state index in [9.17, 15) is 0 Å². The minimum absolute atomic E-state index is 0.808. The molecule has 1 aliphatic rings. The summed E-state index contributed by atoms with van der Waals surface area (Å²) in [6, 6.07) is 14.7. The van der Waals surface area contributed by atoms with Crippen LogP contribution in [0.3, 0.4) is 0 Å². The highest BCUT2D eigenvalue weighted by molar-refractivity contribution is 5.93. The van der Waals surface area contributed by atoms with Crippen molar-refractivity contribution in [3.63, 3.8) is 0 Å². The fraction of sp³-hybridized carbons (Fsp3) is 0.167. The molecule has 1 N–H and O–H groups in total. The van der Waals surface area contributed by atoms with Crippen LogP contribution in [-0.4, -0.2) is 11.6 Å². The number of pyridine rings is 1. The lowest BCUT2D eigenvalue weighted by molar-refractivity contribution is 0.357. The van der Waals surface area contributed by atoms with E-state index in [1.165, 1.54) is 16.5 Å². The van der Waals surface area contributed by atoms with Crippen molar-refractivity contribution in [3.05, 3.63) is 66.0 Å². The van der Waals surface area contributed by atoms with Crippen molar-refractivity contribution in [2.24, 2.45) is 0 Å². The average molecular weight is 276 g/mol.